The molecule has 0 spiro atoms. The fourth-order valence-corrected chi connectivity index (χ4v) is 4.14. The molecular formula is C10H15N5O11P2. The molecule has 2 aromatic rings. The van der Waals surface area contributed by atoms with E-state index in [1.54, 1.807) is 0 Å². The smallest absolute Gasteiger partial charge is 0.481 e. The number of anilines is 1. The third-order valence-electron chi connectivity index (χ3n) is 3.76. The molecule has 16 nitrogen and oxygen atoms in total. The molecule has 0 aromatic carbocycles. The summed E-state index contributed by atoms with van der Waals surface area (Å²) in [4.78, 5) is 34.1. The molecule has 0 radical (unpaired) electrons. The van der Waals surface area contributed by atoms with Crippen LogP contribution in [0, 0.1) is 5.21 Å². The molecule has 1 unspecified atom stereocenters. The number of aliphatic hydroxyl groups is 2. The maximum atomic E-state index is 11.5. The van der Waals surface area contributed by atoms with Crippen LogP contribution in [0.5, 0.6) is 0 Å². The van der Waals surface area contributed by atoms with Gasteiger partial charge in [0, 0.05) is 0 Å². The highest BCUT2D eigenvalue weighted by Gasteiger charge is 2.46. The Morgan fingerprint density at radius 3 is 2.61 bits per heavy atom. The zero-order chi connectivity index (χ0) is 20.9. The van der Waals surface area contributed by atoms with Crippen molar-refractivity contribution in [3.63, 3.8) is 0 Å². The van der Waals surface area contributed by atoms with Crippen LogP contribution in [0.15, 0.2) is 12.7 Å². The lowest BCUT2D eigenvalue weighted by molar-refractivity contribution is -0.592. The minimum absolute atomic E-state index is 0.0115. The molecule has 0 aliphatic carbocycles. The number of imidazole rings is 1. The van der Waals surface area contributed by atoms with Gasteiger partial charge >= 0.3 is 15.6 Å². The van der Waals surface area contributed by atoms with Crippen molar-refractivity contribution in [2.75, 3.05) is 12.3 Å². The second-order valence-electron chi connectivity index (χ2n) is 5.66. The second-order valence-corrected chi connectivity index (χ2v) is 8.49. The third kappa shape index (κ3) is 4.16. The van der Waals surface area contributed by atoms with E-state index in [0.29, 0.717) is 0 Å². The molecule has 1 fully saturated rings. The molecule has 0 amide bonds. The predicted molar refractivity (Wildman–Crippen MR) is 85.7 cm³/mol. The molecule has 2 aromatic heterocycles. The molecule has 5 atom stereocenters. The van der Waals surface area contributed by atoms with Crippen LogP contribution in [0.25, 0.3) is 11.2 Å². The topological polar surface area (TPSA) is 247 Å². The average Bonchev–Trinajstić information content (AvgIpc) is 3.10. The average molecular weight is 443 g/mol. The molecule has 3 heterocycles. The second kappa shape index (κ2) is 7.27. The van der Waals surface area contributed by atoms with Crippen molar-refractivity contribution in [1.29, 1.82) is 0 Å². The number of fused-ring (bicyclic) bond motifs is 1. The summed E-state index contributed by atoms with van der Waals surface area (Å²) in [6, 6.07) is 0. The zero-order valence-corrected chi connectivity index (χ0v) is 15.4. The maximum Gasteiger partial charge on any atom is 0.481 e. The molecule has 18 heteroatoms. The van der Waals surface area contributed by atoms with E-state index in [0.717, 1.165) is 12.7 Å². The number of aliphatic hydroxyl groups excluding tert-OH is 2. The Hall–Kier alpha value is -1.71. The summed E-state index contributed by atoms with van der Waals surface area (Å²) < 4.78 is 36.9. The first-order chi connectivity index (χ1) is 12.9. The SMILES string of the molecule is Nc1c2ncn([C@@H]3O[C@H](COP(=O)(O)OP(=O)(O)O)[C@@H](O)[C@H]3O)c2nc[n+]1[O-]. The van der Waals surface area contributed by atoms with Gasteiger partial charge in [0.05, 0.1) is 6.61 Å². The van der Waals surface area contributed by atoms with Gasteiger partial charge in [-0.2, -0.15) is 4.31 Å². The van der Waals surface area contributed by atoms with E-state index in [1.807, 2.05) is 0 Å². The van der Waals surface area contributed by atoms with Gasteiger partial charge in [-0.1, -0.05) is 4.98 Å². The molecule has 1 aliphatic rings. The van der Waals surface area contributed by atoms with Crippen LogP contribution >= 0.6 is 15.6 Å². The number of nitrogens with two attached hydrogens (primary N) is 1. The van der Waals surface area contributed by atoms with E-state index in [2.05, 4.69) is 18.8 Å². The molecule has 7 N–H and O–H groups in total. The van der Waals surface area contributed by atoms with Crippen LogP contribution in [-0.2, 0) is 22.7 Å². The van der Waals surface area contributed by atoms with E-state index in [1.165, 1.54) is 4.57 Å². The molecule has 3 rings (SSSR count). The van der Waals surface area contributed by atoms with Crippen LogP contribution in [0.4, 0.5) is 5.82 Å². The number of rotatable bonds is 6. The molecule has 1 saturated heterocycles. The summed E-state index contributed by atoms with van der Waals surface area (Å²) in [7, 11) is -10.5. The normalized spacial score (nSPS) is 27.9. The van der Waals surface area contributed by atoms with Gasteiger partial charge < -0.3 is 40.6 Å². The number of phosphoric ester groups is 1. The van der Waals surface area contributed by atoms with Crippen LogP contribution in [-0.4, -0.2) is 64.3 Å². The van der Waals surface area contributed by atoms with Gasteiger partial charge in [0.1, 0.15) is 24.6 Å². The lowest BCUT2D eigenvalue weighted by Crippen LogP contribution is -2.34. The summed E-state index contributed by atoms with van der Waals surface area (Å²) in [6.45, 7) is -0.856. The number of phosphoric acid groups is 2. The van der Waals surface area contributed by atoms with E-state index < -0.39 is 46.8 Å². The number of nitrogen functional groups attached to an aromatic ring is 1. The highest BCUT2D eigenvalue weighted by atomic mass is 31.3. The van der Waals surface area contributed by atoms with Crippen molar-refractivity contribution >= 4 is 32.6 Å². The molecule has 0 saturated carbocycles. The first-order valence-electron chi connectivity index (χ1n) is 7.35. The highest BCUT2D eigenvalue weighted by Crippen LogP contribution is 2.57. The maximum absolute atomic E-state index is 11.5. The van der Waals surface area contributed by atoms with Crippen LogP contribution in [0.3, 0.4) is 0 Å². The van der Waals surface area contributed by atoms with E-state index >= 15 is 0 Å². The van der Waals surface area contributed by atoms with Crippen LogP contribution in [0.1, 0.15) is 6.23 Å². The van der Waals surface area contributed by atoms with Gasteiger partial charge in [0.25, 0.3) is 5.82 Å². The summed E-state index contributed by atoms with van der Waals surface area (Å²) >= 11 is 0. The van der Waals surface area contributed by atoms with Gasteiger partial charge in [-0.05, 0) is 0 Å². The molecule has 156 valence electrons. The van der Waals surface area contributed by atoms with E-state index in [9.17, 15) is 29.4 Å². The number of nitrogens with zero attached hydrogens (tertiary/aromatic N) is 4. The molecule has 28 heavy (non-hydrogen) atoms. The summed E-state index contributed by atoms with van der Waals surface area (Å²) in [5.74, 6) is -0.257. The number of aromatic nitrogens is 4. The fraction of sp³-hybridized carbons (Fsp3) is 0.500. The number of hydrogen-bond donors (Lipinski definition) is 6. The standard InChI is InChI=1S/C10H15N5O11P2/c11-8-5-9(13-3-15(8)18)14(2-12-5)10-7(17)6(16)4(25-10)1-24-28(22,23)26-27(19,20)21/h2-4,6-7,10,16-17H,1,11H2,(H,22,23)(H2,19,20,21)/t4-,6-,7-,10-/m1/s1. The minimum atomic E-state index is -5.31. The van der Waals surface area contributed by atoms with Crippen LogP contribution in [0.2, 0.25) is 0 Å². The minimum Gasteiger partial charge on any atom is -0.740 e. The summed E-state index contributed by atoms with van der Waals surface area (Å²) in [6.07, 6.45) is -3.87. The van der Waals surface area contributed by atoms with Crippen molar-refractivity contribution in [2.24, 2.45) is 0 Å². The predicted octanol–water partition coefficient (Wildman–Crippen LogP) is -2.51. The van der Waals surface area contributed by atoms with Crippen molar-refractivity contribution in [3.05, 3.63) is 17.9 Å². The fourth-order valence-electron chi connectivity index (χ4n) is 2.55. The largest absolute Gasteiger partial charge is 0.740 e. The Morgan fingerprint density at radius 2 is 1.96 bits per heavy atom. The van der Waals surface area contributed by atoms with Crippen molar-refractivity contribution < 1.29 is 52.3 Å². The first kappa shape index (κ1) is 21.0. The van der Waals surface area contributed by atoms with Gasteiger partial charge in [0.2, 0.25) is 12.0 Å². The van der Waals surface area contributed by atoms with Gasteiger partial charge in [0.15, 0.2) is 11.7 Å². The Bertz CT molecular complexity index is 978. The van der Waals surface area contributed by atoms with Crippen molar-refractivity contribution in [3.8, 4) is 0 Å². The lowest BCUT2D eigenvalue weighted by Gasteiger charge is -2.17. The van der Waals surface area contributed by atoms with E-state index in [-0.39, 0.29) is 21.7 Å². The lowest BCUT2D eigenvalue weighted by atomic mass is 10.1. The summed E-state index contributed by atoms with van der Waals surface area (Å²) in [5.41, 5.74) is 5.66. The first-order valence-corrected chi connectivity index (χ1v) is 10.4. The third-order valence-corrected chi connectivity index (χ3v) is 5.91. The molecule has 1 aliphatic heterocycles. The highest BCUT2D eigenvalue weighted by molar-refractivity contribution is 7.60. The Kier molecular flexibility index (Phi) is 5.46. The van der Waals surface area contributed by atoms with Crippen molar-refractivity contribution in [2.45, 2.75) is 24.5 Å². The number of ether oxygens (including phenoxy) is 1. The summed E-state index contributed by atoms with van der Waals surface area (Å²) in [5, 5.41) is 31.7. The van der Waals surface area contributed by atoms with Crippen molar-refractivity contribution in [1.82, 2.24) is 14.5 Å². The Labute approximate surface area is 155 Å². The monoisotopic (exact) mass is 443 g/mol. The molecular weight excluding hydrogens is 428 g/mol. The quantitative estimate of drug-likeness (QED) is 0.153. The Morgan fingerprint density at radius 1 is 1.29 bits per heavy atom. The van der Waals surface area contributed by atoms with E-state index in [4.69, 9.17) is 20.3 Å². The van der Waals surface area contributed by atoms with Gasteiger partial charge in [-0.15, -0.1) is 0 Å². The number of hydrogen-bond acceptors (Lipinski definition) is 11. The van der Waals surface area contributed by atoms with Gasteiger partial charge in [-0.25, -0.2) is 18.8 Å². The van der Waals surface area contributed by atoms with Crippen LogP contribution < -0.4 is 10.5 Å². The molecule has 0 bridgehead atoms. The van der Waals surface area contributed by atoms with Gasteiger partial charge in [-0.3, -0.25) is 9.09 Å². The zero-order valence-electron chi connectivity index (χ0n) is 13.6. The Balaban J connectivity index is 1.77.